The summed E-state index contributed by atoms with van der Waals surface area (Å²) in [7, 11) is 0. The SMILES string of the molecule is Cc1c(C(=O)O)sc2ncnc(OC3CCC3)c12. The molecule has 0 amide bonds. The van der Waals surface area contributed by atoms with Crippen LogP contribution in [0.1, 0.15) is 34.5 Å². The number of ether oxygens (including phenoxy) is 1. The van der Waals surface area contributed by atoms with Gasteiger partial charge in [-0.25, -0.2) is 14.8 Å². The first-order valence-corrected chi connectivity index (χ1v) is 6.62. The first-order chi connectivity index (χ1) is 8.66. The fourth-order valence-electron chi connectivity index (χ4n) is 1.98. The first-order valence-electron chi connectivity index (χ1n) is 5.81. The second kappa shape index (κ2) is 4.20. The maximum Gasteiger partial charge on any atom is 0.346 e. The topological polar surface area (TPSA) is 72.3 Å². The number of aromatic carboxylic acids is 1. The molecule has 1 fully saturated rings. The van der Waals surface area contributed by atoms with E-state index in [9.17, 15) is 4.79 Å². The number of carboxylic acids is 1. The molecule has 0 aliphatic heterocycles. The Hall–Kier alpha value is -1.69. The molecule has 1 aliphatic carbocycles. The summed E-state index contributed by atoms with van der Waals surface area (Å²) in [6, 6.07) is 0. The molecular formula is C12H12N2O3S. The average molecular weight is 264 g/mol. The number of hydrogen-bond acceptors (Lipinski definition) is 5. The van der Waals surface area contributed by atoms with E-state index >= 15 is 0 Å². The second-order valence-electron chi connectivity index (χ2n) is 4.39. The van der Waals surface area contributed by atoms with Crippen LogP contribution in [0.4, 0.5) is 0 Å². The van der Waals surface area contributed by atoms with Crippen molar-refractivity contribution in [3.05, 3.63) is 16.8 Å². The Morgan fingerprint density at radius 2 is 2.28 bits per heavy atom. The maximum absolute atomic E-state index is 11.1. The van der Waals surface area contributed by atoms with E-state index in [1.54, 1.807) is 6.92 Å². The van der Waals surface area contributed by atoms with Crippen LogP contribution < -0.4 is 4.74 Å². The number of thiophene rings is 1. The Morgan fingerprint density at radius 3 is 2.89 bits per heavy atom. The van der Waals surface area contributed by atoms with Gasteiger partial charge in [0.05, 0.1) is 5.39 Å². The molecule has 0 unspecified atom stereocenters. The molecule has 18 heavy (non-hydrogen) atoms. The van der Waals surface area contributed by atoms with Gasteiger partial charge in [0.15, 0.2) is 0 Å². The van der Waals surface area contributed by atoms with Gasteiger partial charge in [-0.05, 0) is 31.7 Å². The van der Waals surface area contributed by atoms with Crippen molar-refractivity contribution in [2.24, 2.45) is 0 Å². The number of carboxylic acid groups (broad SMARTS) is 1. The lowest BCUT2D eigenvalue weighted by Crippen LogP contribution is -2.25. The van der Waals surface area contributed by atoms with Crippen LogP contribution in [0.3, 0.4) is 0 Å². The fourth-order valence-corrected chi connectivity index (χ4v) is 2.96. The van der Waals surface area contributed by atoms with Crippen molar-refractivity contribution in [2.45, 2.75) is 32.3 Å². The molecule has 1 N–H and O–H groups in total. The van der Waals surface area contributed by atoms with E-state index in [-0.39, 0.29) is 6.10 Å². The molecule has 1 aliphatic rings. The second-order valence-corrected chi connectivity index (χ2v) is 5.39. The van der Waals surface area contributed by atoms with Crippen molar-refractivity contribution in [1.82, 2.24) is 9.97 Å². The van der Waals surface area contributed by atoms with Crippen molar-refractivity contribution in [3.8, 4) is 5.88 Å². The number of carbonyl (C=O) groups is 1. The number of hydrogen-bond donors (Lipinski definition) is 1. The van der Waals surface area contributed by atoms with Crippen LogP contribution in [0, 0.1) is 6.92 Å². The molecule has 0 atom stereocenters. The summed E-state index contributed by atoms with van der Waals surface area (Å²) in [5.41, 5.74) is 0.692. The van der Waals surface area contributed by atoms with Crippen molar-refractivity contribution < 1.29 is 14.6 Å². The van der Waals surface area contributed by atoms with Crippen molar-refractivity contribution in [2.75, 3.05) is 0 Å². The lowest BCUT2D eigenvalue weighted by atomic mass is 9.96. The maximum atomic E-state index is 11.1. The number of rotatable bonds is 3. The van der Waals surface area contributed by atoms with Gasteiger partial charge in [-0.15, -0.1) is 11.3 Å². The van der Waals surface area contributed by atoms with Crippen LogP contribution in [-0.4, -0.2) is 27.1 Å². The van der Waals surface area contributed by atoms with E-state index in [0.717, 1.165) is 18.2 Å². The van der Waals surface area contributed by atoms with Crippen molar-refractivity contribution >= 4 is 27.5 Å². The molecule has 94 valence electrons. The third kappa shape index (κ3) is 1.73. The number of aryl methyl sites for hydroxylation is 1. The van der Waals surface area contributed by atoms with Crippen LogP contribution in [-0.2, 0) is 0 Å². The summed E-state index contributed by atoms with van der Waals surface area (Å²) in [6.45, 7) is 1.78. The lowest BCUT2D eigenvalue weighted by Gasteiger charge is -2.25. The normalized spacial score (nSPS) is 15.6. The third-order valence-corrected chi connectivity index (χ3v) is 4.40. The van der Waals surface area contributed by atoms with Gasteiger partial charge in [-0.1, -0.05) is 0 Å². The summed E-state index contributed by atoms with van der Waals surface area (Å²) < 4.78 is 5.80. The largest absolute Gasteiger partial charge is 0.477 e. The third-order valence-electron chi connectivity index (χ3n) is 3.22. The Kier molecular flexibility index (Phi) is 2.66. The molecule has 2 aromatic rings. The van der Waals surface area contributed by atoms with E-state index in [0.29, 0.717) is 21.2 Å². The molecule has 0 radical (unpaired) electrons. The van der Waals surface area contributed by atoms with E-state index in [1.807, 2.05) is 0 Å². The Balaban J connectivity index is 2.10. The van der Waals surface area contributed by atoms with E-state index in [1.165, 1.54) is 24.1 Å². The van der Waals surface area contributed by atoms with E-state index < -0.39 is 5.97 Å². The van der Waals surface area contributed by atoms with Crippen LogP contribution in [0.25, 0.3) is 10.2 Å². The monoisotopic (exact) mass is 264 g/mol. The molecular weight excluding hydrogens is 252 g/mol. The van der Waals surface area contributed by atoms with Crippen LogP contribution in [0.15, 0.2) is 6.33 Å². The summed E-state index contributed by atoms with van der Waals surface area (Å²) >= 11 is 1.17. The summed E-state index contributed by atoms with van der Waals surface area (Å²) in [5.74, 6) is -0.406. The van der Waals surface area contributed by atoms with Crippen molar-refractivity contribution in [3.63, 3.8) is 0 Å². The smallest absolute Gasteiger partial charge is 0.346 e. The summed E-state index contributed by atoms with van der Waals surface area (Å²) in [4.78, 5) is 20.4. The standard InChI is InChI=1S/C12H12N2O3S/c1-6-8-10(17-7-3-2-4-7)13-5-14-11(8)18-9(6)12(15)16/h5,7H,2-4H2,1H3,(H,15,16). The molecule has 5 nitrogen and oxygen atoms in total. The zero-order valence-corrected chi connectivity index (χ0v) is 10.7. The Bertz CT molecular complexity index is 619. The molecule has 2 aromatic heterocycles. The Morgan fingerprint density at radius 1 is 1.50 bits per heavy atom. The van der Waals surface area contributed by atoms with Crippen LogP contribution in [0.2, 0.25) is 0 Å². The highest BCUT2D eigenvalue weighted by Gasteiger charge is 2.24. The van der Waals surface area contributed by atoms with Crippen LogP contribution >= 0.6 is 11.3 Å². The molecule has 1 saturated carbocycles. The highest BCUT2D eigenvalue weighted by atomic mass is 32.1. The highest BCUT2D eigenvalue weighted by Crippen LogP contribution is 2.36. The number of aromatic nitrogens is 2. The van der Waals surface area contributed by atoms with Gasteiger partial charge >= 0.3 is 5.97 Å². The average Bonchev–Trinajstić information content (AvgIpc) is 2.62. The molecule has 0 spiro atoms. The predicted octanol–water partition coefficient (Wildman–Crippen LogP) is 2.63. The summed E-state index contributed by atoms with van der Waals surface area (Å²) in [5, 5.41) is 9.86. The molecule has 0 aromatic carbocycles. The molecule has 0 saturated heterocycles. The zero-order valence-electron chi connectivity index (χ0n) is 9.84. The Labute approximate surface area is 107 Å². The van der Waals surface area contributed by atoms with Crippen LogP contribution in [0.5, 0.6) is 5.88 Å². The summed E-state index contributed by atoms with van der Waals surface area (Å²) in [6.07, 6.45) is 4.91. The number of nitrogens with zero attached hydrogens (tertiary/aromatic N) is 2. The van der Waals surface area contributed by atoms with Gasteiger partial charge < -0.3 is 9.84 Å². The quantitative estimate of drug-likeness (QED) is 0.922. The molecule has 3 rings (SSSR count). The minimum Gasteiger partial charge on any atom is -0.477 e. The van der Waals surface area contributed by atoms with Gasteiger partial charge in [0.25, 0.3) is 0 Å². The fraction of sp³-hybridized carbons (Fsp3) is 0.417. The zero-order chi connectivity index (χ0) is 12.7. The first kappa shape index (κ1) is 11.4. The van der Waals surface area contributed by atoms with Gasteiger partial charge in [0.1, 0.15) is 22.1 Å². The number of fused-ring (bicyclic) bond motifs is 1. The molecule has 0 bridgehead atoms. The van der Waals surface area contributed by atoms with Gasteiger partial charge in [0, 0.05) is 0 Å². The van der Waals surface area contributed by atoms with E-state index in [4.69, 9.17) is 9.84 Å². The van der Waals surface area contributed by atoms with Gasteiger partial charge in [0.2, 0.25) is 5.88 Å². The predicted molar refractivity (Wildman–Crippen MR) is 67.4 cm³/mol. The molecule has 2 heterocycles. The van der Waals surface area contributed by atoms with Crippen molar-refractivity contribution in [1.29, 1.82) is 0 Å². The minimum absolute atomic E-state index is 0.218. The van der Waals surface area contributed by atoms with Gasteiger partial charge in [-0.2, -0.15) is 0 Å². The van der Waals surface area contributed by atoms with E-state index in [2.05, 4.69) is 9.97 Å². The van der Waals surface area contributed by atoms with Gasteiger partial charge in [-0.3, -0.25) is 0 Å². The lowest BCUT2D eigenvalue weighted by molar-refractivity contribution is 0.0701. The minimum atomic E-state index is -0.926. The molecule has 6 heteroatoms. The highest BCUT2D eigenvalue weighted by molar-refractivity contribution is 7.20.